The van der Waals surface area contributed by atoms with Crippen molar-refractivity contribution in [2.75, 3.05) is 45.0 Å². The molecule has 2 aliphatic heterocycles. The van der Waals surface area contributed by atoms with Crippen molar-refractivity contribution in [1.82, 2.24) is 15.1 Å². The van der Waals surface area contributed by atoms with Crippen LogP contribution in [0.1, 0.15) is 12.0 Å². The molecule has 0 bridgehead atoms. The van der Waals surface area contributed by atoms with E-state index in [1.54, 1.807) is 11.8 Å². The molecule has 0 spiro atoms. The van der Waals surface area contributed by atoms with E-state index in [1.807, 2.05) is 23.1 Å². The van der Waals surface area contributed by atoms with E-state index in [0.717, 1.165) is 56.5 Å². The van der Waals surface area contributed by atoms with Crippen LogP contribution >= 0.6 is 35.8 Å². The summed E-state index contributed by atoms with van der Waals surface area (Å²) < 4.78 is 0. The van der Waals surface area contributed by atoms with Gasteiger partial charge in [0, 0.05) is 56.1 Å². The van der Waals surface area contributed by atoms with Crippen LogP contribution in [-0.2, 0) is 10.5 Å². The first-order chi connectivity index (χ1) is 11.2. The first-order valence-corrected chi connectivity index (χ1v) is 9.80. The molecule has 3 rings (SSSR count). The van der Waals surface area contributed by atoms with E-state index in [1.165, 1.54) is 5.56 Å². The summed E-state index contributed by atoms with van der Waals surface area (Å²) in [5, 5.41) is 4.14. The summed E-state index contributed by atoms with van der Waals surface area (Å²) in [6.07, 6.45) is 1.12. The van der Waals surface area contributed by atoms with E-state index < -0.39 is 0 Å². The van der Waals surface area contributed by atoms with Crippen molar-refractivity contribution >= 4 is 41.7 Å². The molecule has 1 atom stereocenters. The highest BCUT2D eigenvalue weighted by molar-refractivity contribution is 7.99. The number of carbonyl (C=O) groups is 1. The lowest BCUT2D eigenvalue weighted by Gasteiger charge is -2.32. The maximum absolute atomic E-state index is 12.4. The van der Waals surface area contributed by atoms with Gasteiger partial charge in [0.15, 0.2) is 0 Å². The fourth-order valence-corrected chi connectivity index (χ4v) is 4.38. The zero-order valence-corrected chi connectivity index (χ0v) is 16.1. The van der Waals surface area contributed by atoms with E-state index in [4.69, 9.17) is 11.6 Å². The van der Waals surface area contributed by atoms with Crippen LogP contribution in [0.3, 0.4) is 0 Å². The maximum Gasteiger partial charge on any atom is 0.232 e. The van der Waals surface area contributed by atoms with Crippen molar-refractivity contribution in [3.63, 3.8) is 0 Å². The van der Waals surface area contributed by atoms with Crippen LogP contribution in [0.2, 0.25) is 5.02 Å². The largest absolute Gasteiger partial charge is 0.340 e. The monoisotopic (exact) mass is 389 g/mol. The predicted molar refractivity (Wildman–Crippen MR) is 104 cm³/mol. The van der Waals surface area contributed by atoms with E-state index in [-0.39, 0.29) is 18.3 Å². The molecule has 2 saturated heterocycles. The van der Waals surface area contributed by atoms with E-state index >= 15 is 0 Å². The number of amides is 1. The van der Waals surface area contributed by atoms with Crippen LogP contribution in [0.15, 0.2) is 24.3 Å². The standard InChI is InChI=1S/C17H24ClN3OS.ClH/c18-15-3-1-2-14(10-15)12-23-13-17(22)21-7-4-16(11-21)20-8-5-19-6-9-20;/h1-3,10,16,19H,4-9,11-13H2;1H. The van der Waals surface area contributed by atoms with Gasteiger partial charge in [-0.05, 0) is 24.1 Å². The Labute approximate surface area is 159 Å². The summed E-state index contributed by atoms with van der Waals surface area (Å²) in [6.45, 7) is 6.16. The van der Waals surface area contributed by atoms with Crippen molar-refractivity contribution in [1.29, 1.82) is 0 Å². The zero-order valence-electron chi connectivity index (χ0n) is 13.7. The number of benzene rings is 1. The fraction of sp³-hybridized carbons (Fsp3) is 0.588. The van der Waals surface area contributed by atoms with Crippen LogP contribution in [0.5, 0.6) is 0 Å². The Morgan fingerprint density at radius 2 is 2.08 bits per heavy atom. The van der Waals surface area contributed by atoms with Crippen molar-refractivity contribution in [2.24, 2.45) is 0 Å². The molecule has 2 aliphatic rings. The molecule has 2 fully saturated rings. The van der Waals surface area contributed by atoms with E-state index in [0.29, 0.717) is 11.8 Å². The van der Waals surface area contributed by atoms with E-state index in [9.17, 15) is 4.79 Å². The quantitative estimate of drug-likeness (QED) is 0.838. The number of hydrogen-bond donors (Lipinski definition) is 1. The predicted octanol–water partition coefficient (Wildman–Crippen LogP) is 2.50. The number of thioether (sulfide) groups is 1. The normalized spacial score (nSPS) is 21.5. The Hall–Kier alpha value is -0.460. The summed E-state index contributed by atoms with van der Waals surface area (Å²) in [5.41, 5.74) is 1.18. The number of hydrogen-bond acceptors (Lipinski definition) is 4. The summed E-state index contributed by atoms with van der Waals surface area (Å²) in [5.74, 6) is 1.66. The topological polar surface area (TPSA) is 35.6 Å². The molecule has 0 aliphatic carbocycles. The Balaban J connectivity index is 0.00000208. The lowest BCUT2D eigenvalue weighted by atomic mass is 10.2. The molecule has 24 heavy (non-hydrogen) atoms. The lowest BCUT2D eigenvalue weighted by Crippen LogP contribution is -2.49. The van der Waals surface area contributed by atoms with Crippen LogP contribution < -0.4 is 5.32 Å². The molecule has 1 unspecified atom stereocenters. The molecule has 1 aromatic carbocycles. The maximum atomic E-state index is 12.4. The molecule has 0 aromatic heterocycles. The van der Waals surface area contributed by atoms with Gasteiger partial charge < -0.3 is 10.2 Å². The minimum absolute atomic E-state index is 0. The molecule has 1 N–H and O–H groups in total. The van der Waals surface area contributed by atoms with Gasteiger partial charge in [-0.1, -0.05) is 23.7 Å². The molecule has 2 heterocycles. The number of rotatable bonds is 5. The molecule has 1 aromatic rings. The van der Waals surface area contributed by atoms with Gasteiger partial charge in [-0.25, -0.2) is 0 Å². The first kappa shape index (κ1) is 19.9. The minimum atomic E-state index is 0. The fourth-order valence-electron chi connectivity index (χ4n) is 3.29. The van der Waals surface area contributed by atoms with E-state index in [2.05, 4.69) is 16.3 Å². The van der Waals surface area contributed by atoms with Gasteiger partial charge in [0.1, 0.15) is 0 Å². The summed E-state index contributed by atoms with van der Waals surface area (Å²) >= 11 is 7.66. The molecule has 0 radical (unpaired) electrons. The highest BCUT2D eigenvalue weighted by Gasteiger charge is 2.30. The SMILES string of the molecule is Cl.O=C(CSCc1cccc(Cl)c1)N1CCC(N2CCNCC2)C1. The lowest BCUT2D eigenvalue weighted by molar-refractivity contribution is -0.127. The van der Waals surface area contributed by atoms with Gasteiger partial charge >= 0.3 is 0 Å². The average molecular weight is 390 g/mol. The average Bonchev–Trinajstić information content (AvgIpc) is 3.06. The van der Waals surface area contributed by atoms with Crippen LogP contribution in [0.25, 0.3) is 0 Å². The molecule has 4 nitrogen and oxygen atoms in total. The van der Waals surface area contributed by atoms with Crippen molar-refractivity contribution in [2.45, 2.75) is 18.2 Å². The molecular formula is C17H25Cl2N3OS. The smallest absolute Gasteiger partial charge is 0.232 e. The van der Waals surface area contributed by atoms with Crippen molar-refractivity contribution in [3.8, 4) is 0 Å². The number of piperazine rings is 1. The highest BCUT2D eigenvalue weighted by Crippen LogP contribution is 2.20. The summed E-state index contributed by atoms with van der Waals surface area (Å²) in [6, 6.07) is 8.41. The number of carbonyl (C=O) groups excluding carboxylic acids is 1. The Morgan fingerprint density at radius 3 is 2.83 bits per heavy atom. The Bertz CT molecular complexity index is 540. The second-order valence-corrected chi connectivity index (χ2v) is 7.61. The third kappa shape index (κ3) is 5.53. The van der Waals surface area contributed by atoms with Gasteiger partial charge in [0.2, 0.25) is 5.91 Å². The second-order valence-electron chi connectivity index (χ2n) is 6.19. The van der Waals surface area contributed by atoms with Gasteiger partial charge in [-0.15, -0.1) is 24.2 Å². The Morgan fingerprint density at radius 1 is 1.29 bits per heavy atom. The number of likely N-dealkylation sites (tertiary alicyclic amines) is 1. The van der Waals surface area contributed by atoms with Gasteiger partial charge in [-0.3, -0.25) is 9.69 Å². The van der Waals surface area contributed by atoms with Gasteiger partial charge in [-0.2, -0.15) is 0 Å². The van der Waals surface area contributed by atoms with Crippen LogP contribution in [0, 0.1) is 0 Å². The summed E-state index contributed by atoms with van der Waals surface area (Å²) in [4.78, 5) is 16.9. The van der Waals surface area contributed by atoms with Crippen LogP contribution in [0.4, 0.5) is 0 Å². The number of halogens is 2. The highest BCUT2D eigenvalue weighted by atomic mass is 35.5. The first-order valence-electron chi connectivity index (χ1n) is 8.27. The van der Waals surface area contributed by atoms with Crippen LogP contribution in [-0.4, -0.2) is 66.8 Å². The van der Waals surface area contributed by atoms with Gasteiger partial charge in [0.25, 0.3) is 0 Å². The minimum Gasteiger partial charge on any atom is -0.340 e. The van der Waals surface area contributed by atoms with Gasteiger partial charge in [0.05, 0.1) is 5.75 Å². The number of nitrogens with zero attached hydrogens (tertiary/aromatic N) is 2. The van der Waals surface area contributed by atoms with Crippen molar-refractivity contribution < 1.29 is 4.79 Å². The molecule has 134 valence electrons. The number of nitrogens with one attached hydrogen (secondary N) is 1. The summed E-state index contributed by atoms with van der Waals surface area (Å²) in [7, 11) is 0. The molecule has 7 heteroatoms. The van der Waals surface area contributed by atoms with Crippen molar-refractivity contribution in [3.05, 3.63) is 34.9 Å². The molecule has 1 amide bonds. The third-order valence-corrected chi connectivity index (χ3v) is 5.79. The Kier molecular flexibility index (Phi) is 8.17. The zero-order chi connectivity index (χ0) is 16.1. The molecule has 0 saturated carbocycles. The molecular weight excluding hydrogens is 365 g/mol. The second kappa shape index (κ2) is 9.88. The third-order valence-electron chi connectivity index (χ3n) is 4.57.